The van der Waals surface area contributed by atoms with E-state index in [9.17, 15) is 9.59 Å². The number of hydrogen-bond acceptors (Lipinski definition) is 3. The Kier molecular flexibility index (Phi) is 3.84. The van der Waals surface area contributed by atoms with Gasteiger partial charge in [-0.25, -0.2) is 0 Å². The number of amides is 1. The minimum atomic E-state index is -0.516. The van der Waals surface area contributed by atoms with Crippen LogP contribution in [0.15, 0.2) is 48.1 Å². The number of carbonyl (C=O) groups is 2. The van der Waals surface area contributed by atoms with E-state index in [2.05, 4.69) is 5.32 Å². The molecule has 1 N–H and O–H groups in total. The molecule has 3 rings (SSSR count). The van der Waals surface area contributed by atoms with Crippen molar-refractivity contribution in [2.45, 2.75) is 24.8 Å². The van der Waals surface area contributed by atoms with E-state index in [1.54, 1.807) is 0 Å². The summed E-state index contributed by atoms with van der Waals surface area (Å²) in [5.74, 6) is -0.699. The van der Waals surface area contributed by atoms with E-state index in [4.69, 9.17) is 4.74 Å². The van der Waals surface area contributed by atoms with Gasteiger partial charge in [0.25, 0.3) is 0 Å². The van der Waals surface area contributed by atoms with Crippen LogP contribution in [-0.4, -0.2) is 24.5 Å². The highest BCUT2D eigenvalue weighted by atomic mass is 16.5. The van der Waals surface area contributed by atoms with Crippen LogP contribution in [0, 0.1) is 5.92 Å². The molecule has 114 valence electrons. The van der Waals surface area contributed by atoms with E-state index < -0.39 is 5.54 Å². The molecular weight excluding hydrogens is 278 g/mol. The first-order valence-electron chi connectivity index (χ1n) is 7.45. The van der Waals surface area contributed by atoms with Crippen LogP contribution in [0.2, 0.25) is 0 Å². The first kappa shape index (κ1) is 14.6. The molecule has 0 bridgehead atoms. The zero-order valence-electron chi connectivity index (χ0n) is 12.5. The molecule has 2 aliphatic rings. The van der Waals surface area contributed by atoms with E-state index in [0.29, 0.717) is 24.8 Å². The molecule has 1 saturated heterocycles. The van der Waals surface area contributed by atoms with Crippen LogP contribution in [0.25, 0.3) is 6.08 Å². The van der Waals surface area contributed by atoms with Crippen LogP contribution in [0.3, 0.4) is 0 Å². The second kappa shape index (κ2) is 5.79. The molecule has 0 saturated carbocycles. The van der Waals surface area contributed by atoms with Gasteiger partial charge >= 0.3 is 5.97 Å². The number of hydrogen-bond donors (Lipinski definition) is 1. The number of esters is 1. The molecule has 1 amide bonds. The van der Waals surface area contributed by atoms with Crippen molar-refractivity contribution in [3.63, 3.8) is 0 Å². The predicted molar refractivity (Wildman–Crippen MR) is 83.8 cm³/mol. The lowest BCUT2D eigenvalue weighted by molar-refractivity contribution is -0.150. The van der Waals surface area contributed by atoms with Crippen LogP contribution >= 0.6 is 0 Å². The Labute approximate surface area is 129 Å². The molecule has 22 heavy (non-hydrogen) atoms. The van der Waals surface area contributed by atoms with E-state index in [-0.39, 0.29) is 17.8 Å². The van der Waals surface area contributed by atoms with Gasteiger partial charge in [0, 0.05) is 5.57 Å². The topological polar surface area (TPSA) is 55.4 Å². The molecular formula is C18H19NO3. The zero-order chi connectivity index (χ0) is 15.6. The van der Waals surface area contributed by atoms with Gasteiger partial charge in [-0.2, -0.15) is 0 Å². The maximum Gasteiger partial charge on any atom is 0.311 e. The van der Waals surface area contributed by atoms with Gasteiger partial charge in [0.1, 0.15) is 0 Å². The lowest BCUT2D eigenvalue weighted by atomic mass is 9.74. The summed E-state index contributed by atoms with van der Waals surface area (Å²) in [4.78, 5) is 24.7. The van der Waals surface area contributed by atoms with Crippen molar-refractivity contribution >= 4 is 18.0 Å². The standard InChI is InChI=1S/C18H19NO3/c1-22-17(21)15-12-14(11-13-7-3-2-4-8-13)16(20)19-18(15)9-5-6-10-18/h2-8,11,15H,9-10,12H2,1H3,(H,19,20)/b14-11-. The molecule has 1 aliphatic carbocycles. The van der Waals surface area contributed by atoms with Crippen molar-refractivity contribution in [1.82, 2.24) is 5.32 Å². The fourth-order valence-corrected chi connectivity index (χ4v) is 3.28. The molecule has 1 spiro atoms. The maximum absolute atomic E-state index is 12.5. The Morgan fingerprint density at radius 1 is 1.27 bits per heavy atom. The van der Waals surface area contributed by atoms with Gasteiger partial charge in [-0.3, -0.25) is 9.59 Å². The summed E-state index contributed by atoms with van der Waals surface area (Å²) >= 11 is 0. The largest absolute Gasteiger partial charge is 0.469 e. The molecule has 1 heterocycles. The van der Waals surface area contributed by atoms with Crippen molar-refractivity contribution in [2.75, 3.05) is 7.11 Å². The van der Waals surface area contributed by atoms with Crippen LogP contribution in [0.4, 0.5) is 0 Å². The number of carbonyl (C=O) groups excluding carboxylic acids is 2. The first-order chi connectivity index (χ1) is 10.6. The Morgan fingerprint density at radius 2 is 1.95 bits per heavy atom. The molecule has 0 aromatic heterocycles. The molecule has 4 nitrogen and oxygen atoms in total. The minimum Gasteiger partial charge on any atom is -0.469 e. The SMILES string of the molecule is COC(=O)C1C/C(=C/c2ccccc2)C(=O)NC12CC=CC2. The highest BCUT2D eigenvalue weighted by molar-refractivity contribution is 6.01. The molecule has 1 aromatic rings. The third-order valence-corrected chi connectivity index (χ3v) is 4.50. The first-order valence-corrected chi connectivity index (χ1v) is 7.45. The van der Waals surface area contributed by atoms with Crippen molar-refractivity contribution < 1.29 is 14.3 Å². The molecule has 4 heteroatoms. The van der Waals surface area contributed by atoms with Gasteiger partial charge in [-0.15, -0.1) is 0 Å². The Morgan fingerprint density at radius 3 is 2.59 bits per heavy atom. The normalized spacial score (nSPS) is 24.5. The number of benzene rings is 1. The fraction of sp³-hybridized carbons (Fsp3) is 0.333. The second-order valence-electron chi connectivity index (χ2n) is 5.85. The lowest BCUT2D eigenvalue weighted by Gasteiger charge is -2.41. The molecule has 1 unspecified atom stereocenters. The van der Waals surface area contributed by atoms with Gasteiger partial charge in [-0.05, 0) is 30.9 Å². The van der Waals surface area contributed by atoms with Crippen molar-refractivity contribution in [2.24, 2.45) is 5.92 Å². The number of nitrogens with one attached hydrogen (secondary N) is 1. The lowest BCUT2D eigenvalue weighted by Crippen LogP contribution is -2.58. The number of ether oxygens (including phenoxy) is 1. The van der Waals surface area contributed by atoms with Crippen molar-refractivity contribution in [1.29, 1.82) is 0 Å². The van der Waals surface area contributed by atoms with Crippen molar-refractivity contribution in [3.05, 3.63) is 53.6 Å². The Balaban J connectivity index is 1.91. The van der Waals surface area contributed by atoms with Crippen molar-refractivity contribution in [3.8, 4) is 0 Å². The average Bonchev–Trinajstić information content (AvgIpc) is 2.99. The van der Waals surface area contributed by atoms with Crippen LogP contribution < -0.4 is 5.32 Å². The molecule has 1 aromatic carbocycles. The average molecular weight is 297 g/mol. The monoisotopic (exact) mass is 297 g/mol. The van der Waals surface area contributed by atoms with Gasteiger partial charge in [0.05, 0.1) is 18.6 Å². The quantitative estimate of drug-likeness (QED) is 0.518. The maximum atomic E-state index is 12.5. The summed E-state index contributed by atoms with van der Waals surface area (Å²) in [6.07, 6.45) is 7.65. The third-order valence-electron chi connectivity index (χ3n) is 4.50. The molecule has 1 fully saturated rings. The van der Waals surface area contributed by atoms with Gasteiger partial charge < -0.3 is 10.1 Å². The summed E-state index contributed by atoms with van der Waals surface area (Å²) in [6, 6.07) is 9.66. The van der Waals surface area contributed by atoms with Crippen LogP contribution in [0.5, 0.6) is 0 Å². The van der Waals surface area contributed by atoms with Crippen LogP contribution in [-0.2, 0) is 14.3 Å². The number of rotatable bonds is 2. The summed E-state index contributed by atoms with van der Waals surface area (Å²) in [7, 11) is 1.40. The summed E-state index contributed by atoms with van der Waals surface area (Å²) < 4.78 is 4.96. The van der Waals surface area contributed by atoms with Gasteiger partial charge in [0.15, 0.2) is 0 Å². The smallest absolute Gasteiger partial charge is 0.311 e. The van der Waals surface area contributed by atoms with E-state index in [0.717, 1.165) is 5.56 Å². The minimum absolute atomic E-state index is 0.0901. The highest BCUT2D eigenvalue weighted by Crippen LogP contribution is 2.39. The Hall–Kier alpha value is -2.36. The third kappa shape index (κ3) is 2.56. The summed E-state index contributed by atoms with van der Waals surface area (Å²) in [5.41, 5.74) is 1.06. The van der Waals surface area contributed by atoms with E-state index in [1.807, 2.05) is 48.6 Å². The molecule has 1 atom stereocenters. The second-order valence-corrected chi connectivity index (χ2v) is 5.85. The van der Waals surface area contributed by atoms with Gasteiger partial charge in [0.2, 0.25) is 5.91 Å². The van der Waals surface area contributed by atoms with E-state index >= 15 is 0 Å². The number of methoxy groups -OCH3 is 1. The molecule has 0 radical (unpaired) electrons. The van der Waals surface area contributed by atoms with Gasteiger partial charge in [-0.1, -0.05) is 42.5 Å². The predicted octanol–water partition coefficient (Wildman–Crippen LogP) is 2.47. The Bertz CT molecular complexity index is 638. The van der Waals surface area contributed by atoms with Crippen LogP contribution in [0.1, 0.15) is 24.8 Å². The zero-order valence-corrected chi connectivity index (χ0v) is 12.5. The van der Waals surface area contributed by atoms with E-state index in [1.165, 1.54) is 7.11 Å². The highest BCUT2D eigenvalue weighted by Gasteiger charge is 2.49. The number of piperidine rings is 1. The molecule has 1 aliphatic heterocycles. The summed E-state index contributed by atoms with van der Waals surface area (Å²) in [6.45, 7) is 0. The fourth-order valence-electron chi connectivity index (χ4n) is 3.28. The summed E-state index contributed by atoms with van der Waals surface area (Å²) in [5, 5.41) is 3.06.